The van der Waals surface area contributed by atoms with Crippen molar-refractivity contribution in [2.24, 2.45) is 0 Å². The average Bonchev–Trinajstić information content (AvgIpc) is 2.90. The summed E-state index contributed by atoms with van der Waals surface area (Å²) in [4.78, 5) is 5.12. The summed E-state index contributed by atoms with van der Waals surface area (Å²) in [6.45, 7) is 4.73. The van der Waals surface area contributed by atoms with Crippen LogP contribution in [0.5, 0.6) is 0 Å². The summed E-state index contributed by atoms with van der Waals surface area (Å²) in [5, 5.41) is 0. The highest BCUT2D eigenvalue weighted by Gasteiger charge is 2.07. The lowest BCUT2D eigenvalue weighted by Gasteiger charge is -2.23. The third-order valence-corrected chi connectivity index (χ3v) is 8.36. The Bertz CT molecular complexity index is 671. The second kappa shape index (κ2) is 19.6. The molecular weight excluding hydrogens is 436 g/mol. The first kappa shape index (κ1) is 29.1. The van der Waals surface area contributed by atoms with Crippen LogP contribution >= 0.6 is 0 Å². The van der Waals surface area contributed by atoms with Gasteiger partial charge in [0.1, 0.15) is 0 Å². The molecule has 0 spiro atoms. The fourth-order valence-electron chi connectivity index (χ4n) is 6.06. The van der Waals surface area contributed by atoms with Gasteiger partial charge in [-0.15, -0.1) is 0 Å². The minimum atomic E-state index is 1.12. The number of hydrogen-bond donors (Lipinski definition) is 0. The van der Waals surface area contributed by atoms with E-state index in [1.54, 1.807) is 11.1 Å². The van der Waals surface area contributed by atoms with Crippen molar-refractivity contribution in [2.75, 3.05) is 26.2 Å². The molecule has 0 aliphatic carbocycles. The van der Waals surface area contributed by atoms with Gasteiger partial charge in [-0.05, 0) is 49.7 Å². The molecule has 2 heteroatoms. The zero-order valence-corrected chi connectivity index (χ0v) is 23.7. The lowest BCUT2D eigenvalue weighted by Crippen LogP contribution is -2.21. The van der Waals surface area contributed by atoms with Crippen LogP contribution in [0.3, 0.4) is 0 Å². The zero-order valence-electron chi connectivity index (χ0n) is 23.7. The fraction of sp³-hybridized carbons (Fsp3) is 0.765. The summed E-state index contributed by atoms with van der Waals surface area (Å²) >= 11 is 0. The Hall–Kier alpha value is -1.44. The standard InChI is InChI=1S/C34H58N2/c1-2-4-7-11-15-19-27-35-29-22-26-34(32-35)24-18-14-10-6-8-12-16-20-28-36-30-21-25-33(31-36)23-17-13-9-5-3-1/h21-22,25-26,31-32H,1-20,23-24,27-30H2. The van der Waals surface area contributed by atoms with Gasteiger partial charge < -0.3 is 9.80 Å². The summed E-state index contributed by atoms with van der Waals surface area (Å²) in [6.07, 6.45) is 45.4. The molecule has 0 unspecified atom stereocenters. The number of hydrogen-bond acceptors (Lipinski definition) is 2. The normalized spacial score (nSPS) is 24.0. The predicted octanol–water partition coefficient (Wildman–Crippen LogP) is 10.1. The van der Waals surface area contributed by atoms with Crippen LogP contribution in [0.25, 0.3) is 0 Å². The Balaban J connectivity index is 1.34. The molecule has 3 rings (SSSR count). The Morgan fingerprint density at radius 3 is 1.03 bits per heavy atom. The molecule has 3 heterocycles. The van der Waals surface area contributed by atoms with Crippen molar-refractivity contribution in [3.8, 4) is 0 Å². The number of rotatable bonds is 0. The Morgan fingerprint density at radius 1 is 0.361 bits per heavy atom. The topological polar surface area (TPSA) is 6.48 Å². The van der Waals surface area contributed by atoms with E-state index in [2.05, 4.69) is 46.5 Å². The Labute approximate surface area is 225 Å². The molecule has 3 aliphatic rings. The van der Waals surface area contributed by atoms with Crippen LogP contribution < -0.4 is 0 Å². The van der Waals surface area contributed by atoms with Gasteiger partial charge in [-0.2, -0.15) is 0 Å². The molecule has 2 nitrogen and oxygen atoms in total. The van der Waals surface area contributed by atoms with E-state index in [0.29, 0.717) is 0 Å². The molecule has 0 aromatic rings. The molecule has 0 aromatic carbocycles. The van der Waals surface area contributed by atoms with Crippen molar-refractivity contribution in [1.82, 2.24) is 9.80 Å². The lowest BCUT2D eigenvalue weighted by molar-refractivity contribution is 0.386. The highest BCUT2D eigenvalue weighted by Crippen LogP contribution is 2.20. The summed E-state index contributed by atoms with van der Waals surface area (Å²) in [5.41, 5.74) is 3.12. The molecule has 0 atom stereocenters. The van der Waals surface area contributed by atoms with Crippen LogP contribution in [0.1, 0.15) is 141 Å². The maximum Gasteiger partial charge on any atom is 0.0357 e. The first-order chi connectivity index (χ1) is 17.9. The summed E-state index contributed by atoms with van der Waals surface area (Å²) in [6, 6.07) is 0. The molecule has 0 fully saturated rings. The van der Waals surface area contributed by atoms with Crippen LogP contribution in [-0.4, -0.2) is 36.0 Å². The first-order valence-electron chi connectivity index (χ1n) is 16.1. The van der Waals surface area contributed by atoms with Gasteiger partial charge in [0.15, 0.2) is 0 Å². The maximum atomic E-state index is 2.56. The third-order valence-electron chi connectivity index (χ3n) is 8.36. The predicted molar refractivity (Wildman–Crippen MR) is 159 cm³/mol. The second-order valence-corrected chi connectivity index (χ2v) is 11.8. The highest BCUT2D eigenvalue weighted by molar-refractivity contribution is 5.22. The van der Waals surface area contributed by atoms with E-state index in [1.165, 1.54) is 154 Å². The van der Waals surface area contributed by atoms with Crippen LogP contribution in [0.4, 0.5) is 0 Å². The Morgan fingerprint density at radius 2 is 0.667 bits per heavy atom. The van der Waals surface area contributed by atoms with Gasteiger partial charge in [0.2, 0.25) is 0 Å². The van der Waals surface area contributed by atoms with Gasteiger partial charge in [0.05, 0.1) is 0 Å². The monoisotopic (exact) mass is 494 g/mol. The molecule has 0 saturated carbocycles. The van der Waals surface area contributed by atoms with Crippen molar-refractivity contribution < 1.29 is 0 Å². The molecule has 3 aliphatic heterocycles. The molecule has 0 radical (unpaired) electrons. The van der Waals surface area contributed by atoms with E-state index in [0.717, 1.165) is 13.1 Å². The van der Waals surface area contributed by atoms with Crippen molar-refractivity contribution in [2.45, 2.75) is 141 Å². The molecule has 36 heavy (non-hydrogen) atoms. The van der Waals surface area contributed by atoms with Gasteiger partial charge in [0.25, 0.3) is 0 Å². The third kappa shape index (κ3) is 13.8. The Kier molecular flexibility index (Phi) is 15.9. The molecule has 204 valence electrons. The second-order valence-electron chi connectivity index (χ2n) is 11.8. The highest BCUT2D eigenvalue weighted by atomic mass is 15.1. The van der Waals surface area contributed by atoms with Crippen molar-refractivity contribution in [1.29, 1.82) is 0 Å². The molecule has 0 N–H and O–H groups in total. The average molecular weight is 495 g/mol. The minimum absolute atomic E-state index is 1.12. The molecule has 0 saturated heterocycles. The number of nitrogens with zero attached hydrogens (tertiary/aromatic N) is 2. The van der Waals surface area contributed by atoms with E-state index in [9.17, 15) is 0 Å². The smallest absolute Gasteiger partial charge is 0.0357 e. The lowest BCUT2D eigenvalue weighted by atomic mass is 10.0. The SMILES string of the molecule is C1=CC2=CN(C1)CCCCCCCCCCCCCCC1=CN(CC=C1)CCCCCCCCCC2. The van der Waals surface area contributed by atoms with E-state index in [4.69, 9.17) is 0 Å². The van der Waals surface area contributed by atoms with E-state index in [1.807, 2.05) is 0 Å². The van der Waals surface area contributed by atoms with Gasteiger partial charge in [-0.1, -0.05) is 127 Å². The molecule has 0 aromatic heterocycles. The van der Waals surface area contributed by atoms with Crippen LogP contribution in [-0.2, 0) is 0 Å². The zero-order chi connectivity index (χ0) is 24.9. The van der Waals surface area contributed by atoms with Gasteiger partial charge >= 0.3 is 0 Å². The van der Waals surface area contributed by atoms with Gasteiger partial charge in [-0.3, -0.25) is 0 Å². The quantitative estimate of drug-likeness (QED) is 0.330. The molecule has 4 bridgehead atoms. The van der Waals surface area contributed by atoms with Gasteiger partial charge in [-0.25, -0.2) is 0 Å². The molecular formula is C34H58N2. The summed E-state index contributed by atoms with van der Waals surface area (Å²) in [5.74, 6) is 0. The van der Waals surface area contributed by atoms with E-state index >= 15 is 0 Å². The van der Waals surface area contributed by atoms with Crippen molar-refractivity contribution in [3.63, 3.8) is 0 Å². The largest absolute Gasteiger partial charge is 0.373 e. The van der Waals surface area contributed by atoms with Crippen LogP contribution in [0.2, 0.25) is 0 Å². The van der Waals surface area contributed by atoms with Crippen molar-refractivity contribution >= 4 is 0 Å². The summed E-state index contributed by atoms with van der Waals surface area (Å²) in [7, 11) is 0. The van der Waals surface area contributed by atoms with E-state index < -0.39 is 0 Å². The minimum Gasteiger partial charge on any atom is -0.373 e. The number of allylic oxidation sites excluding steroid dienone is 4. The number of fused-ring (bicyclic) bond motifs is 2. The maximum absolute atomic E-state index is 2.56. The van der Waals surface area contributed by atoms with Crippen LogP contribution in [0.15, 0.2) is 47.9 Å². The first-order valence-corrected chi connectivity index (χ1v) is 16.1. The van der Waals surface area contributed by atoms with Gasteiger partial charge in [0, 0.05) is 38.6 Å². The fourth-order valence-corrected chi connectivity index (χ4v) is 6.06. The van der Waals surface area contributed by atoms with Crippen molar-refractivity contribution in [3.05, 3.63) is 47.9 Å². The van der Waals surface area contributed by atoms with E-state index in [-0.39, 0.29) is 0 Å². The summed E-state index contributed by atoms with van der Waals surface area (Å²) < 4.78 is 0. The van der Waals surface area contributed by atoms with Crippen LogP contribution in [0, 0.1) is 0 Å². The molecule has 0 amide bonds.